The van der Waals surface area contributed by atoms with Gasteiger partial charge in [-0.1, -0.05) is 12.8 Å². The summed E-state index contributed by atoms with van der Waals surface area (Å²) in [6.45, 7) is 3.74. The van der Waals surface area contributed by atoms with Gasteiger partial charge in [-0.05, 0) is 38.3 Å². The minimum absolute atomic E-state index is 0.0620. The SMILES string of the molecule is Cc1cc(C)c(C#N)c(NC2(CC(=O)O)CCCC2)n1. The predicted molar refractivity (Wildman–Crippen MR) is 75.5 cm³/mol. The zero-order chi connectivity index (χ0) is 14.8. The largest absolute Gasteiger partial charge is 0.481 e. The van der Waals surface area contributed by atoms with E-state index in [1.54, 1.807) is 0 Å². The van der Waals surface area contributed by atoms with Crippen molar-refractivity contribution in [2.75, 3.05) is 5.32 Å². The van der Waals surface area contributed by atoms with Gasteiger partial charge in [0.05, 0.1) is 12.0 Å². The van der Waals surface area contributed by atoms with Gasteiger partial charge < -0.3 is 10.4 Å². The number of aryl methyl sites for hydroxylation is 2. The Balaban J connectivity index is 2.36. The normalized spacial score (nSPS) is 16.6. The standard InChI is InChI=1S/C15H19N3O2/c1-10-7-11(2)17-14(12(10)9-16)18-15(8-13(19)20)5-3-4-6-15/h7H,3-6,8H2,1-2H3,(H,17,18)(H,19,20). The van der Waals surface area contributed by atoms with Crippen LogP contribution >= 0.6 is 0 Å². The fourth-order valence-electron chi connectivity index (χ4n) is 3.01. The topological polar surface area (TPSA) is 86.0 Å². The summed E-state index contributed by atoms with van der Waals surface area (Å²) >= 11 is 0. The first-order valence-electron chi connectivity index (χ1n) is 6.84. The molecule has 1 heterocycles. The Hall–Kier alpha value is -2.09. The van der Waals surface area contributed by atoms with Gasteiger partial charge in [-0.3, -0.25) is 4.79 Å². The van der Waals surface area contributed by atoms with Gasteiger partial charge in [0.15, 0.2) is 0 Å². The Morgan fingerprint density at radius 1 is 1.50 bits per heavy atom. The number of hydrogen-bond acceptors (Lipinski definition) is 4. The minimum Gasteiger partial charge on any atom is -0.481 e. The summed E-state index contributed by atoms with van der Waals surface area (Å²) < 4.78 is 0. The summed E-state index contributed by atoms with van der Waals surface area (Å²) in [6.07, 6.45) is 3.68. The van der Waals surface area contributed by atoms with Gasteiger partial charge in [-0.2, -0.15) is 5.26 Å². The van der Waals surface area contributed by atoms with Crippen molar-refractivity contribution >= 4 is 11.8 Å². The van der Waals surface area contributed by atoms with E-state index in [9.17, 15) is 10.1 Å². The molecule has 0 atom stereocenters. The molecule has 1 aliphatic carbocycles. The van der Waals surface area contributed by atoms with Crippen LogP contribution < -0.4 is 5.32 Å². The molecule has 1 aromatic heterocycles. The second-order valence-electron chi connectivity index (χ2n) is 5.60. The average molecular weight is 273 g/mol. The molecule has 0 spiro atoms. The van der Waals surface area contributed by atoms with Crippen molar-refractivity contribution in [3.05, 3.63) is 22.9 Å². The third kappa shape index (κ3) is 2.90. The molecule has 0 saturated heterocycles. The minimum atomic E-state index is -0.817. The van der Waals surface area contributed by atoms with Crippen LogP contribution in [0.1, 0.15) is 48.9 Å². The van der Waals surface area contributed by atoms with E-state index in [1.165, 1.54) is 0 Å². The Morgan fingerprint density at radius 3 is 2.70 bits per heavy atom. The molecule has 5 nitrogen and oxygen atoms in total. The van der Waals surface area contributed by atoms with Crippen LogP contribution in [0.25, 0.3) is 0 Å². The van der Waals surface area contributed by atoms with E-state index in [2.05, 4.69) is 16.4 Å². The number of anilines is 1. The van der Waals surface area contributed by atoms with Gasteiger partial charge >= 0.3 is 5.97 Å². The smallest absolute Gasteiger partial charge is 0.305 e. The molecule has 1 aliphatic rings. The highest BCUT2D eigenvalue weighted by atomic mass is 16.4. The number of nitrogens with zero attached hydrogens (tertiary/aromatic N) is 2. The van der Waals surface area contributed by atoms with Crippen molar-refractivity contribution in [3.63, 3.8) is 0 Å². The fraction of sp³-hybridized carbons (Fsp3) is 0.533. The maximum atomic E-state index is 11.1. The summed E-state index contributed by atoms with van der Waals surface area (Å²) in [5.74, 6) is -0.296. The molecule has 0 radical (unpaired) electrons. The van der Waals surface area contributed by atoms with Crippen LogP contribution in [-0.4, -0.2) is 21.6 Å². The number of pyridine rings is 1. The fourth-order valence-corrected chi connectivity index (χ4v) is 3.01. The highest BCUT2D eigenvalue weighted by molar-refractivity contribution is 5.70. The third-order valence-corrected chi connectivity index (χ3v) is 3.89. The maximum absolute atomic E-state index is 11.1. The number of carboxylic acids is 1. The second kappa shape index (κ2) is 5.49. The number of aromatic nitrogens is 1. The Bertz CT molecular complexity index is 569. The summed E-state index contributed by atoms with van der Waals surface area (Å²) in [5.41, 5.74) is 1.73. The first kappa shape index (κ1) is 14.3. The number of carboxylic acid groups (broad SMARTS) is 1. The molecule has 0 aliphatic heterocycles. The molecule has 1 aromatic rings. The molecule has 20 heavy (non-hydrogen) atoms. The van der Waals surface area contributed by atoms with Crippen molar-refractivity contribution in [2.24, 2.45) is 0 Å². The van der Waals surface area contributed by atoms with Crippen LogP contribution in [0.15, 0.2) is 6.07 Å². The van der Waals surface area contributed by atoms with E-state index < -0.39 is 11.5 Å². The van der Waals surface area contributed by atoms with Crippen LogP contribution in [0.3, 0.4) is 0 Å². The van der Waals surface area contributed by atoms with Crippen molar-refractivity contribution < 1.29 is 9.90 Å². The highest BCUT2D eigenvalue weighted by Crippen LogP contribution is 2.36. The van der Waals surface area contributed by atoms with Crippen LogP contribution in [0.2, 0.25) is 0 Å². The molecular formula is C15H19N3O2. The molecule has 5 heteroatoms. The van der Waals surface area contributed by atoms with Crippen molar-refractivity contribution in [2.45, 2.75) is 51.5 Å². The maximum Gasteiger partial charge on any atom is 0.305 e. The Kier molecular flexibility index (Phi) is 3.93. The molecule has 106 valence electrons. The van der Waals surface area contributed by atoms with Crippen LogP contribution in [-0.2, 0) is 4.79 Å². The van der Waals surface area contributed by atoms with Crippen molar-refractivity contribution in [3.8, 4) is 6.07 Å². The lowest BCUT2D eigenvalue weighted by molar-refractivity contribution is -0.138. The van der Waals surface area contributed by atoms with E-state index in [0.717, 1.165) is 36.9 Å². The number of nitriles is 1. The molecule has 0 aromatic carbocycles. The van der Waals surface area contributed by atoms with E-state index in [4.69, 9.17) is 5.11 Å². The van der Waals surface area contributed by atoms with Crippen molar-refractivity contribution in [1.29, 1.82) is 5.26 Å². The molecular weight excluding hydrogens is 254 g/mol. The Labute approximate surface area is 118 Å². The lowest BCUT2D eigenvalue weighted by atomic mass is 9.92. The zero-order valence-corrected chi connectivity index (χ0v) is 11.9. The molecule has 0 amide bonds. The van der Waals surface area contributed by atoms with Crippen LogP contribution in [0.5, 0.6) is 0 Å². The van der Waals surface area contributed by atoms with Crippen molar-refractivity contribution in [1.82, 2.24) is 4.98 Å². The van der Waals surface area contributed by atoms with Crippen LogP contribution in [0.4, 0.5) is 5.82 Å². The lowest BCUT2D eigenvalue weighted by Gasteiger charge is -2.30. The van der Waals surface area contributed by atoms with Crippen LogP contribution in [0, 0.1) is 25.2 Å². The third-order valence-electron chi connectivity index (χ3n) is 3.89. The number of carbonyl (C=O) groups is 1. The quantitative estimate of drug-likeness (QED) is 0.881. The monoisotopic (exact) mass is 273 g/mol. The van der Waals surface area contributed by atoms with Gasteiger partial charge in [-0.25, -0.2) is 4.98 Å². The molecule has 2 N–H and O–H groups in total. The van der Waals surface area contributed by atoms with Gasteiger partial charge in [-0.15, -0.1) is 0 Å². The van der Waals surface area contributed by atoms with Gasteiger partial charge in [0.2, 0.25) is 0 Å². The Morgan fingerprint density at radius 2 is 2.15 bits per heavy atom. The predicted octanol–water partition coefficient (Wildman–Crippen LogP) is 2.77. The van der Waals surface area contributed by atoms with E-state index in [-0.39, 0.29) is 6.42 Å². The molecule has 2 rings (SSSR count). The number of nitrogens with one attached hydrogen (secondary N) is 1. The van der Waals surface area contributed by atoms with E-state index >= 15 is 0 Å². The molecule has 1 saturated carbocycles. The molecule has 1 fully saturated rings. The number of aliphatic carboxylic acids is 1. The molecule has 0 unspecified atom stereocenters. The number of rotatable bonds is 4. The molecule has 0 bridgehead atoms. The second-order valence-corrected chi connectivity index (χ2v) is 5.60. The lowest BCUT2D eigenvalue weighted by Crippen LogP contribution is -2.38. The first-order valence-corrected chi connectivity index (χ1v) is 6.84. The van der Waals surface area contributed by atoms with E-state index in [0.29, 0.717) is 11.4 Å². The highest BCUT2D eigenvalue weighted by Gasteiger charge is 2.37. The summed E-state index contributed by atoms with van der Waals surface area (Å²) in [7, 11) is 0. The average Bonchev–Trinajstić information content (AvgIpc) is 2.75. The summed E-state index contributed by atoms with van der Waals surface area (Å²) in [6, 6.07) is 4.03. The van der Waals surface area contributed by atoms with Gasteiger partial charge in [0, 0.05) is 11.2 Å². The zero-order valence-electron chi connectivity index (χ0n) is 11.9. The first-order chi connectivity index (χ1) is 9.46. The van der Waals surface area contributed by atoms with Gasteiger partial charge in [0.1, 0.15) is 11.9 Å². The van der Waals surface area contributed by atoms with E-state index in [1.807, 2.05) is 19.9 Å². The number of hydrogen-bond donors (Lipinski definition) is 2. The van der Waals surface area contributed by atoms with Gasteiger partial charge in [0.25, 0.3) is 0 Å². The summed E-state index contributed by atoms with van der Waals surface area (Å²) in [5, 5.41) is 21.7. The summed E-state index contributed by atoms with van der Waals surface area (Å²) in [4.78, 5) is 15.5.